The Balaban J connectivity index is 1.79. The van der Waals surface area contributed by atoms with E-state index in [1.165, 1.54) is 43.1 Å². The number of nitro groups is 1. The van der Waals surface area contributed by atoms with Crippen LogP contribution < -0.4 is 4.90 Å². The second-order valence-electron chi connectivity index (χ2n) is 7.35. The number of anilines is 1. The molecule has 2 aromatic rings. The molecule has 164 valence electrons. The average molecular weight is 432 g/mol. The van der Waals surface area contributed by atoms with Gasteiger partial charge >= 0.3 is 0 Å². The molecule has 8 nitrogen and oxygen atoms in total. The first-order valence-electron chi connectivity index (χ1n) is 9.65. The lowest BCUT2D eigenvalue weighted by molar-refractivity contribution is -0.384. The van der Waals surface area contributed by atoms with Gasteiger partial charge in [0.2, 0.25) is 5.91 Å². The number of hydrogen-bond donors (Lipinski definition) is 0. The number of piperazine rings is 1. The van der Waals surface area contributed by atoms with E-state index in [1.807, 2.05) is 4.90 Å². The van der Waals surface area contributed by atoms with Crippen molar-refractivity contribution in [2.45, 2.75) is 13.5 Å². The molecule has 2 amide bonds. The number of nitro benzene ring substituents is 1. The van der Waals surface area contributed by atoms with E-state index < -0.39 is 22.5 Å². The summed E-state index contributed by atoms with van der Waals surface area (Å²) in [5.74, 6) is -2.06. The number of halogens is 2. The van der Waals surface area contributed by atoms with Gasteiger partial charge in [0.15, 0.2) is 0 Å². The van der Waals surface area contributed by atoms with Crippen LogP contribution in [0.3, 0.4) is 0 Å². The lowest BCUT2D eigenvalue weighted by Crippen LogP contribution is -2.48. The summed E-state index contributed by atoms with van der Waals surface area (Å²) in [4.78, 5) is 40.0. The van der Waals surface area contributed by atoms with Crippen molar-refractivity contribution in [3.63, 3.8) is 0 Å². The third-order valence-corrected chi connectivity index (χ3v) is 5.25. The van der Waals surface area contributed by atoms with Gasteiger partial charge < -0.3 is 14.7 Å². The van der Waals surface area contributed by atoms with Crippen molar-refractivity contribution in [1.82, 2.24) is 9.80 Å². The van der Waals surface area contributed by atoms with E-state index in [0.29, 0.717) is 31.9 Å². The Morgan fingerprint density at radius 1 is 1.10 bits per heavy atom. The summed E-state index contributed by atoms with van der Waals surface area (Å²) in [5.41, 5.74) is 0.370. The first-order chi connectivity index (χ1) is 14.7. The van der Waals surface area contributed by atoms with E-state index in [9.17, 15) is 28.5 Å². The molecule has 0 unspecified atom stereocenters. The Bertz CT molecular complexity index is 1020. The number of amides is 2. The van der Waals surface area contributed by atoms with Gasteiger partial charge in [-0.1, -0.05) is 6.07 Å². The molecule has 0 aliphatic carbocycles. The van der Waals surface area contributed by atoms with Gasteiger partial charge in [-0.25, -0.2) is 8.78 Å². The highest BCUT2D eigenvalue weighted by Gasteiger charge is 2.26. The summed E-state index contributed by atoms with van der Waals surface area (Å²) in [6, 6.07) is 7.29. The molecular formula is C21H22F2N4O4. The van der Waals surface area contributed by atoms with E-state index in [4.69, 9.17) is 0 Å². The zero-order chi connectivity index (χ0) is 22.7. The first kappa shape index (κ1) is 22.1. The Labute approximate surface area is 177 Å². The maximum Gasteiger partial charge on any atom is 0.293 e. The topological polar surface area (TPSA) is 87.0 Å². The van der Waals surface area contributed by atoms with Gasteiger partial charge in [-0.05, 0) is 18.2 Å². The van der Waals surface area contributed by atoms with Gasteiger partial charge in [0, 0.05) is 70.0 Å². The van der Waals surface area contributed by atoms with Crippen molar-refractivity contribution < 1.29 is 23.3 Å². The van der Waals surface area contributed by atoms with Gasteiger partial charge in [-0.3, -0.25) is 19.7 Å². The predicted octanol–water partition coefficient (Wildman–Crippen LogP) is 2.81. The number of benzene rings is 2. The van der Waals surface area contributed by atoms with E-state index >= 15 is 0 Å². The predicted molar refractivity (Wildman–Crippen MR) is 110 cm³/mol. The minimum Gasteiger partial charge on any atom is -0.362 e. The Hall–Kier alpha value is -3.56. The summed E-state index contributed by atoms with van der Waals surface area (Å²) in [7, 11) is 1.44. The molecule has 0 atom stereocenters. The Morgan fingerprint density at radius 2 is 1.77 bits per heavy atom. The summed E-state index contributed by atoms with van der Waals surface area (Å²) in [5, 5.41) is 11.7. The lowest BCUT2D eigenvalue weighted by atomic mass is 10.1. The molecule has 0 saturated carbocycles. The molecule has 0 bridgehead atoms. The molecule has 0 spiro atoms. The van der Waals surface area contributed by atoms with Crippen molar-refractivity contribution in [2.24, 2.45) is 0 Å². The van der Waals surface area contributed by atoms with Gasteiger partial charge in [0.1, 0.15) is 17.3 Å². The van der Waals surface area contributed by atoms with Crippen LogP contribution in [-0.4, -0.2) is 59.8 Å². The van der Waals surface area contributed by atoms with Crippen molar-refractivity contribution in [3.05, 3.63) is 69.3 Å². The average Bonchev–Trinajstić information content (AvgIpc) is 2.74. The molecule has 2 aromatic carbocycles. The van der Waals surface area contributed by atoms with Crippen molar-refractivity contribution >= 4 is 23.2 Å². The maximum atomic E-state index is 13.9. The fourth-order valence-corrected chi connectivity index (χ4v) is 3.53. The van der Waals surface area contributed by atoms with Crippen LogP contribution >= 0.6 is 0 Å². The number of hydrogen-bond acceptors (Lipinski definition) is 5. The maximum absolute atomic E-state index is 13.9. The highest BCUT2D eigenvalue weighted by atomic mass is 19.1. The SMILES string of the molecule is CC(=O)N1CCN(c2ccc(C(=O)N(C)Cc3ccc(F)cc3F)cc2[N+](=O)[O-])CC1. The quantitative estimate of drug-likeness (QED) is 0.536. The zero-order valence-electron chi connectivity index (χ0n) is 17.2. The smallest absolute Gasteiger partial charge is 0.293 e. The monoisotopic (exact) mass is 432 g/mol. The molecule has 10 heteroatoms. The van der Waals surface area contributed by atoms with Crippen molar-refractivity contribution in [2.75, 3.05) is 38.1 Å². The Kier molecular flexibility index (Phi) is 6.47. The molecule has 0 radical (unpaired) electrons. The van der Waals surface area contributed by atoms with E-state index in [1.54, 1.807) is 4.90 Å². The second kappa shape index (κ2) is 9.07. The highest BCUT2D eigenvalue weighted by Crippen LogP contribution is 2.30. The largest absolute Gasteiger partial charge is 0.362 e. The normalized spacial score (nSPS) is 13.8. The van der Waals surface area contributed by atoms with Crippen LogP contribution in [0, 0.1) is 21.7 Å². The number of nitrogens with zero attached hydrogens (tertiary/aromatic N) is 4. The molecule has 1 saturated heterocycles. The molecule has 3 rings (SSSR count). The summed E-state index contributed by atoms with van der Waals surface area (Å²) in [6.07, 6.45) is 0. The zero-order valence-corrected chi connectivity index (χ0v) is 17.2. The van der Waals surface area contributed by atoms with Crippen molar-refractivity contribution in [3.8, 4) is 0 Å². The third kappa shape index (κ3) is 4.96. The molecular weight excluding hydrogens is 410 g/mol. The van der Waals surface area contributed by atoms with E-state index in [0.717, 1.165) is 12.1 Å². The summed E-state index contributed by atoms with van der Waals surface area (Å²) in [6.45, 7) is 3.16. The van der Waals surface area contributed by atoms with Gasteiger partial charge in [0.25, 0.3) is 11.6 Å². The fourth-order valence-electron chi connectivity index (χ4n) is 3.53. The standard InChI is InChI=1S/C21H22F2N4O4/c1-14(28)25-7-9-26(10-8-25)19-6-4-15(11-20(19)27(30)31)21(29)24(2)13-16-3-5-17(22)12-18(16)23/h3-6,11-12H,7-10,13H2,1-2H3. The lowest BCUT2D eigenvalue weighted by Gasteiger charge is -2.35. The molecule has 1 aliphatic heterocycles. The van der Waals surface area contributed by atoms with Gasteiger partial charge in [0.05, 0.1) is 4.92 Å². The minimum absolute atomic E-state index is 0.0456. The van der Waals surface area contributed by atoms with Crippen LogP contribution in [0.4, 0.5) is 20.2 Å². The van der Waals surface area contributed by atoms with Gasteiger partial charge in [-0.15, -0.1) is 0 Å². The Morgan fingerprint density at radius 3 is 2.35 bits per heavy atom. The van der Waals surface area contributed by atoms with Crippen LogP contribution in [0.5, 0.6) is 0 Å². The van der Waals surface area contributed by atoms with Gasteiger partial charge in [-0.2, -0.15) is 0 Å². The van der Waals surface area contributed by atoms with Crippen LogP contribution in [-0.2, 0) is 11.3 Å². The molecule has 31 heavy (non-hydrogen) atoms. The third-order valence-electron chi connectivity index (χ3n) is 5.25. The number of carbonyl (C=O) groups excluding carboxylic acids is 2. The minimum atomic E-state index is -0.773. The summed E-state index contributed by atoms with van der Waals surface area (Å²) >= 11 is 0. The molecule has 0 aromatic heterocycles. The fraction of sp³-hybridized carbons (Fsp3) is 0.333. The molecule has 0 N–H and O–H groups in total. The first-order valence-corrected chi connectivity index (χ1v) is 9.65. The number of rotatable bonds is 5. The van der Waals surface area contributed by atoms with Crippen LogP contribution in [0.25, 0.3) is 0 Å². The molecule has 1 heterocycles. The van der Waals surface area contributed by atoms with Crippen LogP contribution in [0.1, 0.15) is 22.8 Å². The van der Waals surface area contributed by atoms with Crippen LogP contribution in [0.15, 0.2) is 36.4 Å². The van der Waals surface area contributed by atoms with E-state index in [-0.39, 0.29) is 29.3 Å². The summed E-state index contributed by atoms with van der Waals surface area (Å²) < 4.78 is 27.0. The molecule has 1 aliphatic rings. The number of carbonyl (C=O) groups is 2. The van der Waals surface area contributed by atoms with E-state index in [2.05, 4.69) is 0 Å². The van der Waals surface area contributed by atoms with Crippen molar-refractivity contribution in [1.29, 1.82) is 0 Å². The highest BCUT2D eigenvalue weighted by molar-refractivity contribution is 5.95. The second-order valence-corrected chi connectivity index (χ2v) is 7.35. The molecule has 1 fully saturated rings. The van der Waals surface area contributed by atoms with Crippen LogP contribution in [0.2, 0.25) is 0 Å².